The fourth-order valence-electron chi connectivity index (χ4n) is 2.92. The molecule has 7 heteroatoms. The normalized spacial score (nSPS) is 16.6. The van der Waals surface area contributed by atoms with E-state index in [0.29, 0.717) is 10.7 Å². The maximum absolute atomic E-state index is 12.9. The van der Waals surface area contributed by atoms with Crippen molar-refractivity contribution in [2.75, 3.05) is 4.90 Å². The molecule has 2 heterocycles. The van der Waals surface area contributed by atoms with Crippen molar-refractivity contribution in [1.82, 2.24) is 9.88 Å². The van der Waals surface area contributed by atoms with Gasteiger partial charge in [-0.2, -0.15) is 0 Å². The number of amides is 2. The third-order valence-electron chi connectivity index (χ3n) is 4.11. The molecule has 0 atom stereocenters. The lowest BCUT2D eigenvalue weighted by atomic mass is 10.1. The Morgan fingerprint density at radius 3 is 2.58 bits per heavy atom. The van der Waals surface area contributed by atoms with Crippen molar-refractivity contribution in [1.29, 1.82) is 0 Å². The minimum atomic E-state index is -0.506. The van der Waals surface area contributed by atoms with E-state index in [1.807, 2.05) is 19.2 Å². The van der Waals surface area contributed by atoms with Gasteiger partial charge in [0.1, 0.15) is 5.57 Å². The molecule has 134 valence electrons. The zero-order chi connectivity index (χ0) is 19.0. The first-order valence-electron chi connectivity index (χ1n) is 8.13. The highest BCUT2D eigenvalue weighted by Gasteiger charge is 2.34. The highest BCUT2D eigenvalue weighted by atomic mass is 35.5. The zero-order valence-electron chi connectivity index (χ0n) is 14.6. The molecule has 1 aromatic heterocycles. The van der Waals surface area contributed by atoms with Gasteiger partial charge in [0, 0.05) is 23.0 Å². The molecular formula is C19H18ClN3O2S. The molecule has 2 amide bonds. The van der Waals surface area contributed by atoms with Crippen LogP contribution < -0.4 is 10.2 Å². The number of thiocarbonyl (C=S) groups is 1. The Morgan fingerprint density at radius 2 is 1.96 bits per heavy atom. The number of carbonyl (C=O) groups excluding carboxylic acids is 2. The molecular weight excluding hydrogens is 370 g/mol. The Labute approximate surface area is 162 Å². The monoisotopic (exact) mass is 387 g/mol. The number of hydrogen-bond donors (Lipinski definition) is 1. The zero-order valence-corrected chi connectivity index (χ0v) is 16.2. The molecule has 0 spiro atoms. The Balaban J connectivity index is 2.01. The average molecular weight is 388 g/mol. The summed E-state index contributed by atoms with van der Waals surface area (Å²) in [7, 11) is 0. The third-order valence-corrected chi connectivity index (χ3v) is 4.63. The lowest BCUT2D eigenvalue weighted by molar-refractivity contribution is -0.122. The van der Waals surface area contributed by atoms with Crippen LogP contribution in [0.2, 0.25) is 5.02 Å². The highest BCUT2D eigenvalue weighted by Crippen LogP contribution is 2.25. The molecule has 2 aromatic rings. The summed E-state index contributed by atoms with van der Waals surface area (Å²) in [6, 6.07) is 8.98. The van der Waals surface area contributed by atoms with Gasteiger partial charge in [0.25, 0.3) is 11.8 Å². The summed E-state index contributed by atoms with van der Waals surface area (Å²) in [5.74, 6) is -0.982. The quantitative estimate of drug-likeness (QED) is 0.494. The van der Waals surface area contributed by atoms with E-state index in [4.69, 9.17) is 23.8 Å². The predicted molar refractivity (Wildman–Crippen MR) is 107 cm³/mol. The van der Waals surface area contributed by atoms with Crippen LogP contribution in [-0.4, -0.2) is 21.5 Å². The summed E-state index contributed by atoms with van der Waals surface area (Å²) in [6.45, 7) is 6.13. The molecule has 1 N–H and O–H groups in total. The second-order valence-corrected chi connectivity index (χ2v) is 7.18. The van der Waals surface area contributed by atoms with Crippen LogP contribution >= 0.6 is 23.8 Å². The van der Waals surface area contributed by atoms with Crippen molar-refractivity contribution < 1.29 is 9.59 Å². The van der Waals surface area contributed by atoms with E-state index in [-0.39, 0.29) is 16.7 Å². The van der Waals surface area contributed by atoms with Crippen LogP contribution in [0.5, 0.6) is 0 Å². The van der Waals surface area contributed by atoms with Gasteiger partial charge >= 0.3 is 0 Å². The van der Waals surface area contributed by atoms with Crippen molar-refractivity contribution in [2.24, 2.45) is 0 Å². The van der Waals surface area contributed by atoms with Gasteiger partial charge in [-0.05, 0) is 68.9 Å². The molecule has 3 rings (SSSR count). The maximum atomic E-state index is 12.9. The Hall–Kier alpha value is -2.44. The largest absolute Gasteiger partial charge is 0.349 e. The lowest BCUT2D eigenvalue weighted by Crippen LogP contribution is -2.54. The van der Waals surface area contributed by atoms with Crippen LogP contribution in [0, 0.1) is 6.92 Å². The fraction of sp³-hybridized carbons (Fsp3) is 0.211. The van der Waals surface area contributed by atoms with Gasteiger partial charge in [-0.3, -0.25) is 19.8 Å². The summed E-state index contributed by atoms with van der Waals surface area (Å²) in [4.78, 5) is 26.6. The smallest absolute Gasteiger partial charge is 0.270 e. The van der Waals surface area contributed by atoms with Crippen LogP contribution in [0.1, 0.15) is 31.1 Å². The SMILES string of the molecule is Cc1cc(/C=C2/C(=O)NC(=S)N(c3cccc(Cl)c3)C2=O)cn1C(C)C. The first-order valence-corrected chi connectivity index (χ1v) is 8.92. The van der Waals surface area contributed by atoms with E-state index in [1.165, 1.54) is 4.90 Å². The van der Waals surface area contributed by atoms with Crippen molar-refractivity contribution in [3.05, 3.63) is 58.4 Å². The van der Waals surface area contributed by atoms with Gasteiger partial charge in [0.15, 0.2) is 5.11 Å². The molecule has 1 saturated heterocycles. The standard InChI is InChI=1S/C19H18ClN3O2S/c1-11(2)22-10-13(7-12(22)3)8-16-17(24)21-19(26)23(18(16)25)15-6-4-5-14(20)9-15/h4-11H,1-3H3,(H,21,24,26)/b16-8-. The third kappa shape index (κ3) is 3.43. The molecule has 5 nitrogen and oxygen atoms in total. The van der Waals surface area contributed by atoms with Crippen molar-refractivity contribution >= 4 is 52.5 Å². The topological polar surface area (TPSA) is 54.3 Å². The summed E-state index contributed by atoms with van der Waals surface area (Å²) < 4.78 is 2.08. The molecule has 1 fully saturated rings. The molecule has 26 heavy (non-hydrogen) atoms. The number of aromatic nitrogens is 1. The predicted octanol–water partition coefficient (Wildman–Crippen LogP) is 3.86. The van der Waals surface area contributed by atoms with Crippen LogP contribution in [-0.2, 0) is 9.59 Å². The maximum Gasteiger partial charge on any atom is 0.270 e. The lowest BCUT2D eigenvalue weighted by Gasteiger charge is -2.28. The van der Waals surface area contributed by atoms with Crippen LogP contribution in [0.4, 0.5) is 5.69 Å². The van der Waals surface area contributed by atoms with E-state index < -0.39 is 11.8 Å². The molecule has 1 aliphatic rings. The summed E-state index contributed by atoms with van der Waals surface area (Å²) in [5, 5.41) is 3.09. The van der Waals surface area contributed by atoms with Crippen LogP contribution in [0.15, 0.2) is 42.1 Å². The van der Waals surface area contributed by atoms with E-state index in [1.54, 1.807) is 30.3 Å². The number of nitrogens with zero attached hydrogens (tertiary/aromatic N) is 2. The van der Waals surface area contributed by atoms with Gasteiger partial charge < -0.3 is 4.57 Å². The molecule has 0 radical (unpaired) electrons. The van der Waals surface area contributed by atoms with Crippen molar-refractivity contribution in [2.45, 2.75) is 26.8 Å². The Bertz CT molecular complexity index is 946. The van der Waals surface area contributed by atoms with Gasteiger partial charge in [-0.15, -0.1) is 0 Å². The van der Waals surface area contributed by atoms with Gasteiger partial charge in [0.2, 0.25) is 0 Å². The van der Waals surface area contributed by atoms with E-state index in [2.05, 4.69) is 23.7 Å². The van der Waals surface area contributed by atoms with Gasteiger partial charge in [-0.25, -0.2) is 0 Å². The summed E-state index contributed by atoms with van der Waals surface area (Å²) >= 11 is 11.2. The fourth-order valence-corrected chi connectivity index (χ4v) is 3.39. The Morgan fingerprint density at radius 1 is 1.23 bits per heavy atom. The number of benzene rings is 1. The summed E-state index contributed by atoms with van der Waals surface area (Å²) in [6.07, 6.45) is 3.51. The van der Waals surface area contributed by atoms with Crippen LogP contribution in [0.25, 0.3) is 6.08 Å². The van der Waals surface area contributed by atoms with E-state index in [9.17, 15) is 9.59 Å². The number of anilines is 1. The molecule has 0 unspecified atom stereocenters. The number of halogens is 1. The first-order chi connectivity index (χ1) is 12.3. The second kappa shape index (κ2) is 7.05. The van der Waals surface area contributed by atoms with Crippen molar-refractivity contribution in [3.63, 3.8) is 0 Å². The van der Waals surface area contributed by atoms with Gasteiger partial charge in [-0.1, -0.05) is 17.7 Å². The number of nitrogens with one attached hydrogen (secondary N) is 1. The van der Waals surface area contributed by atoms with Gasteiger partial charge in [0.05, 0.1) is 5.69 Å². The average Bonchev–Trinajstić information content (AvgIpc) is 2.92. The van der Waals surface area contributed by atoms with E-state index >= 15 is 0 Å². The molecule has 1 aromatic carbocycles. The number of aryl methyl sites for hydroxylation is 1. The second-order valence-electron chi connectivity index (χ2n) is 6.35. The molecule has 0 bridgehead atoms. The van der Waals surface area contributed by atoms with Crippen molar-refractivity contribution in [3.8, 4) is 0 Å². The highest BCUT2D eigenvalue weighted by molar-refractivity contribution is 7.80. The minimum Gasteiger partial charge on any atom is -0.349 e. The Kier molecular flexibility index (Phi) is 4.98. The molecule has 0 saturated carbocycles. The molecule has 1 aliphatic heterocycles. The number of rotatable bonds is 3. The van der Waals surface area contributed by atoms with Crippen LogP contribution in [0.3, 0.4) is 0 Å². The minimum absolute atomic E-state index is 0.0273. The molecule has 0 aliphatic carbocycles. The van der Waals surface area contributed by atoms with E-state index in [0.717, 1.165) is 11.3 Å². The first kappa shape index (κ1) is 18.4. The summed E-state index contributed by atoms with van der Waals surface area (Å²) in [5.41, 5.74) is 2.38. The number of hydrogen-bond acceptors (Lipinski definition) is 3. The number of carbonyl (C=O) groups is 2.